The minimum atomic E-state index is -2.30. The Morgan fingerprint density at radius 1 is 1.23 bits per heavy atom. The van der Waals surface area contributed by atoms with Crippen molar-refractivity contribution in [3.8, 4) is 12.1 Å². The van der Waals surface area contributed by atoms with Gasteiger partial charge < -0.3 is 9.16 Å². The van der Waals surface area contributed by atoms with E-state index in [2.05, 4.69) is 46.0 Å². The van der Waals surface area contributed by atoms with Crippen LogP contribution in [0.5, 0.6) is 0 Å². The summed E-state index contributed by atoms with van der Waals surface area (Å²) in [6.07, 6.45) is 0.452. The predicted molar refractivity (Wildman–Crippen MR) is 113 cm³/mol. The number of ketones is 1. The molecule has 3 aliphatic carbocycles. The Balaban J connectivity index is 2.40. The smallest absolute Gasteiger partial charge is 0.314 e. The molecule has 0 aromatic heterocycles. The fourth-order valence-electron chi connectivity index (χ4n) is 5.94. The number of carbonyl (C=O) groups is 2. The van der Waals surface area contributed by atoms with Gasteiger partial charge in [-0.15, -0.1) is 0 Å². The molecule has 0 aromatic rings. The van der Waals surface area contributed by atoms with E-state index >= 15 is 0 Å². The van der Waals surface area contributed by atoms with Crippen molar-refractivity contribution in [3.63, 3.8) is 0 Å². The first-order valence-corrected chi connectivity index (χ1v) is 13.5. The molecule has 0 N–H and O–H groups in total. The summed E-state index contributed by atoms with van der Waals surface area (Å²) in [6, 6.07) is 4.59. The van der Waals surface area contributed by atoms with E-state index in [1.807, 2.05) is 13.8 Å². The second kappa shape index (κ2) is 6.44. The molecule has 162 valence electrons. The highest BCUT2D eigenvalue weighted by molar-refractivity contribution is 6.74. The van der Waals surface area contributed by atoms with Crippen molar-refractivity contribution in [2.24, 2.45) is 28.1 Å². The minimum absolute atomic E-state index is 0.0834. The molecule has 0 aromatic carbocycles. The lowest BCUT2D eigenvalue weighted by atomic mass is 9.48. The van der Waals surface area contributed by atoms with Crippen LogP contribution >= 0.6 is 0 Å². The lowest BCUT2D eigenvalue weighted by Crippen LogP contribution is -2.57. The Hall–Kier alpha value is -2.12. The molecule has 4 atom stereocenters. The molecule has 0 radical (unpaired) electrons. The van der Waals surface area contributed by atoms with Gasteiger partial charge in [0.15, 0.2) is 5.78 Å². The Labute approximate surface area is 180 Å². The van der Waals surface area contributed by atoms with Crippen LogP contribution in [0.2, 0.25) is 18.1 Å². The third kappa shape index (κ3) is 2.22. The van der Waals surface area contributed by atoms with Crippen molar-refractivity contribution in [1.29, 1.82) is 10.5 Å². The zero-order valence-corrected chi connectivity index (χ0v) is 20.3. The number of Topliss-reactive ketones (excluding diaryl/α,β-unsaturated/α-hetero) is 1. The van der Waals surface area contributed by atoms with Crippen LogP contribution in [0.4, 0.5) is 0 Å². The number of ether oxygens (including phenoxy) is 1. The molecule has 0 saturated heterocycles. The van der Waals surface area contributed by atoms with Crippen LogP contribution in [-0.4, -0.2) is 27.2 Å². The second-order valence-corrected chi connectivity index (χ2v) is 15.5. The maximum atomic E-state index is 13.3. The van der Waals surface area contributed by atoms with Gasteiger partial charge in [-0.05, 0) is 42.5 Å². The first kappa shape index (κ1) is 22.6. The van der Waals surface area contributed by atoms with Crippen molar-refractivity contribution >= 4 is 20.1 Å². The fraction of sp³-hybridized carbons (Fsp3) is 0.739. The lowest BCUT2D eigenvalue weighted by Gasteiger charge is -2.48. The summed E-state index contributed by atoms with van der Waals surface area (Å²) in [6.45, 7) is 14.6. The number of rotatable bonds is 4. The van der Waals surface area contributed by atoms with E-state index in [0.717, 1.165) is 0 Å². The number of carbonyl (C=O) groups excluding carboxylic acids is 2. The van der Waals surface area contributed by atoms with Crippen molar-refractivity contribution in [1.82, 2.24) is 0 Å². The second-order valence-electron chi connectivity index (χ2n) is 10.8. The topological polar surface area (TPSA) is 100 Å². The summed E-state index contributed by atoms with van der Waals surface area (Å²) in [7, 11) is -0.988. The predicted octanol–water partition coefficient (Wildman–Crippen LogP) is 4.49. The van der Waals surface area contributed by atoms with Crippen LogP contribution in [0.1, 0.15) is 53.9 Å². The zero-order chi connectivity index (χ0) is 22.9. The summed E-state index contributed by atoms with van der Waals surface area (Å²) in [5.74, 6) is -0.729. The van der Waals surface area contributed by atoms with E-state index in [0.29, 0.717) is 11.3 Å². The van der Waals surface area contributed by atoms with Gasteiger partial charge in [0, 0.05) is 12.3 Å². The Kier molecular flexibility index (Phi) is 4.84. The molecule has 30 heavy (non-hydrogen) atoms. The number of hydrogen-bond acceptors (Lipinski definition) is 6. The molecule has 0 aliphatic heterocycles. The minimum Gasteiger partial charge on any atom is -0.546 e. The van der Waals surface area contributed by atoms with Gasteiger partial charge >= 0.3 is 5.97 Å². The van der Waals surface area contributed by atoms with E-state index in [4.69, 9.17) is 9.16 Å². The number of nitrogens with zero attached hydrogens (tertiary/aromatic N) is 2. The molecule has 2 fully saturated rings. The first-order chi connectivity index (χ1) is 13.7. The number of allylic oxidation sites excluding steroid dienone is 2. The lowest BCUT2D eigenvalue weighted by molar-refractivity contribution is -0.164. The third-order valence-electron chi connectivity index (χ3n) is 8.28. The van der Waals surface area contributed by atoms with Gasteiger partial charge in [0.2, 0.25) is 8.32 Å². The van der Waals surface area contributed by atoms with Crippen molar-refractivity contribution in [2.45, 2.75) is 72.0 Å². The SMILES string of the molecule is COC(=O)C12CCC(=O)C3(C#N)CC1C(O[Si](C)(C)C(C)(C)C)=C(C(C)C)C32C#N. The summed E-state index contributed by atoms with van der Waals surface area (Å²) >= 11 is 0. The van der Waals surface area contributed by atoms with Crippen LogP contribution < -0.4 is 0 Å². The van der Waals surface area contributed by atoms with Gasteiger partial charge in [0.25, 0.3) is 0 Å². The van der Waals surface area contributed by atoms with E-state index in [1.165, 1.54) is 7.11 Å². The number of esters is 1. The van der Waals surface area contributed by atoms with Gasteiger partial charge in [-0.3, -0.25) is 9.59 Å². The Morgan fingerprint density at radius 2 is 1.83 bits per heavy atom. The van der Waals surface area contributed by atoms with E-state index in [9.17, 15) is 20.1 Å². The molecule has 3 aliphatic rings. The molecule has 4 unspecified atom stereocenters. The molecule has 4 bridgehead atoms. The highest BCUT2D eigenvalue weighted by Crippen LogP contribution is 2.80. The average Bonchev–Trinajstić information content (AvgIpc) is 2.99. The first-order valence-electron chi connectivity index (χ1n) is 10.6. The highest BCUT2D eigenvalue weighted by atomic mass is 28.4. The molecular formula is C23H32N2O4Si. The summed E-state index contributed by atoms with van der Waals surface area (Å²) in [5, 5.41) is 20.8. The van der Waals surface area contributed by atoms with Crippen LogP contribution in [-0.2, 0) is 18.8 Å². The largest absolute Gasteiger partial charge is 0.546 e. The number of methoxy groups -OCH3 is 1. The van der Waals surface area contributed by atoms with Gasteiger partial charge in [0.05, 0.1) is 25.0 Å². The highest BCUT2D eigenvalue weighted by Gasteiger charge is 2.86. The summed E-state index contributed by atoms with van der Waals surface area (Å²) in [5.41, 5.74) is -3.67. The molecule has 7 heteroatoms. The van der Waals surface area contributed by atoms with Gasteiger partial charge in [-0.2, -0.15) is 10.5 Å². The fourth-order valence-corrected chi connectivity index (χ4v) is 7.05. The van der Waals surface area contributed by atoms with Gasteiger partial charge in [-0.25, -0.2) is 0 Å². The maximum absolute atomic E-state index is 13.3. The zero-order valence-electron chi connectivity index (χ0n) is 19.3. The average molecular weight is 429 g/mol. The molecule has 0 amide bonds. The van der Waals surface area contributed by atoms with Crippen LogP contribution in [0.15, 0.2) is 11.3 Å². The summed E-state index contributed by atoms with van der Waals surface area (Å²) in [4.78, 5) is 26.5. The van der Waals surface area contributed by atoms with Crippen molar-refractivity contribution in [2.75, 3.05) is 7.11 Å². The van der Waals surface area contributed by atoms with Crippen LogP contribution in [0.25, 0.3) is 0 Å². The molecule has 0 spiro atoms. The quantitative estimate of drug-likeness (QED) is 0.483. The van der Waals surface area contributed by atoms with E-state index in [1.54, 1.807) is 0 Å². The normalized spacial score (nSPS) is 35.3. The van der Waals surface area contributed by atoms with Crippen LogP contribution in [0.3, 0.4) is 0 Å². The van der Waals surface area contributed by atoms with Crippen LogP contribution in [0, 0.1) is 50.7 Å². The molecule has 2 saturated carbocycles. The Morgan fingerprint density at radius 3 is 2.27 bits per heavy atom. The maximum Gasteiger partial charge on any atom is 0.314 e. The van der Waals surface area contributed by atoms with E-state index < -0.39 is 36.4 Å². The Bertz CT molecular complexity index is 932. The van der Waals surface area contributed by atoms with Gasteiger partial charge in [0.1, 0.15) is 16.2 Å². The molecular weight excluding hydrogens is 396 g/mol. The van der Waals surface area contributed by atoms with E-state index in [-0.39, 0.29) is 36.0 Å². The molecule has 0 heterocycles. The molecule has 6 nitrogen and oxygen atoms in total. The third-order valence-corrected chi connectivity index (χ3v) is 12.6. The molecule has 3 rings (SSSR count). The van der Waals surface area contributed by atoms with Gasteiger partial charge in [-0.1, -0.05) is 34.6 Å². The number of nitriles is 2. The number of hydrogen-bond donors (Lipinski definition) is 0. The summed E-state index contributed by atoms with van der Waals surface area (Å²) < 4.78 is 12.0. The standard InChI is InChI=1S/C23H32N2O4Si/c1-14(2)17-18(29-30(7,8)20(3,4)5)15-11-21(12-24)16(26)9-10-22(15,19(27)28-6)23(17,21)13-25/h14-15H,9-11H2,1-8H3. The van der Waals surface area contributed by atoms with Crippen molar-refractivity contribution < 1.29 is 18.8 Å². The van der Waals surface area contributed by atoms with Crippen molar-refractivity contribution in [3.05, 3.63) is 11.3 Å². The monoisotopic (exact) mass is 428 g/mol.